The number of anilines is 1. The molecule has 0 bridgehead atoms. The molecule has 0 spiro atoms. The quantitative estimate of drug-likeness (QED) is 0.765. The van der Waals surface area contributed by atoms with E-state index in [-0.39, 0.29) is 11.0 Å². The van der Waals surface area contributed by atoms with E-state index in [1.54, 1.807) is 31.4 Å². The summed E-state index contributed by atoms with van der Waals surface area (Å²) in [6, 6.07) is 6.70. The van der Waals surface area contributed by atoms with Crippen molar-refractivity contribution in [2.75, 3.05) is 25.5 Å². The number of benzene rings is 1. The maximum atomic E-state index is 11.9. The summed E-state index contributed by atoms with van der Waals surface area (Å²) >= 11 is 0. The van der Waals surface area contributed by atoms with Crippen LogP contribution in [0.1, 0.15) is 20.3 Å². The van der Waals surface area contributed by atoms with E-state index in [9.17, 15) is 8.42 Å². The zero-order valence-corrected chi connectivity index (χ0v) is 12.5. The maximum absolute atomic E-state index is 11.9. The van der Waals surface area contributed by atoms with Crippen LogP contribution in [0, 0.1) is 0 Å². The van der Waals surface area contributed by atoms with Crippen molar-refractivity contribution < 1.29 is 13.2 Å². The number of rotatable bonds is 8. The number of ether oxygens (including phenoxy) is 1. The molecule has 1 rings (SSSR count). The van der Waals surface area contributed by atoms with Crippen LogP contribution in [0.4, 0.5) is 5.69 Å². The molecule has 0 aliphatic heterocycles. The third kappa shape index (κ3) is 5.18. The van der Waals surface area contributed by atoms with Gasteiger partial charge in [-0.1, -0.05) is 6.92 Å². The first-order valence-electron chi connectivity index (χ1n) is 6.36. The van der Waals surface area contributed by atoms with E-state index in [1.165, 1.54) is 0 Å². The van der Waals surface area contributed by atoms with Gasteiger partial charge < -0.3 is 10.1 Å². The van der Waals surface area contributed by atoms with E-state index in [1.807, 2.05) is 13.8 Å². The number of sulfonamides is 1. The van der Waals surface area contributed by atoms with Gasteiger partial charge in [0.2, 0.25) is 10.0 Å². The van der Waals surface area contributed by atoms with E-state index in [2.05, 4.69) is 10.0 Å². The van der Waals surface area contributed by atoms with Crippen LogP contribution < -0.4 is 10.0 Å². The highest BCUT2D eigenvalue weighted by atomic mass is 32.2. The van der Waals surface area contributed by atoms with Crippen LogP contribution in [0.25, 0.3) is 0 Å². The lowest BCUT2D eigenvalue weighted by atomic mass is 10.3. The van der Waals surface area contributed by atoms with Crippen LogP contribution in [0.2, 0.25) is 0 Å². The Morgan fingerprint density at radius 1 is 1.26 bits per heavy atom. The topological polar surface area (TPSA) is 67.4 Å². The Kier molecular flexibility index (Phi) is 6.27. The van der Waals surface area contributed by atoms with Crippen LogP contribution in [-0.4, -0.2) is 34.7 Å². The molecule has 5 nitrogen and oxygen atoms in total. The summed E-state index contributed by atoms with van der Waals surface area (Å²) in [5.41, 5.74) is 0.873. The fraction of sp³-hybridized carbons (Fsp3) is 0.538. The second-order valence-corrected chi connectivity index (χ2v) is 6.12. The van der Waals surface area contributed by atoms with Gasteiger partial charge in [-0.3, -0.25) is 0 Å². The van der Waals surface area contributed by atoms with E-state index < -0.39 is 10.0 Å². The van der Waals surface area contributed by atoms with Crippen LogP contribution in [0.5, 0.6) is 0 Å². The number of hydrogen-bond acceptors (Lipinski definition) is 4. The number of nitrogens with one attached hydrogen (secondary N) is 2. The minimum Gasteiger partial charge on any atom is -0.382 e. The molecule has 0 amide bonds. The molecular weight excluding hydrogens is 264 g/mol. The molecule has 0 heterocycles. The van der Waals surface area contributed by atoms with Crippen molar-refractivity contribution in [3.63, 3.8) is 0 Å². The Morgan fingerprint density at radius 3 is 2.42 bits per heavy atom. The molecule has 1 unspecified atom stereocenters. The molecule has 0 saturated heterocycles. The van der Waals surface area contributed by atoms with Gasteiger partial charge in [0.25, 0.3) is 0 Å². The standard InChI is InChI=1S/C13H22N2O3S/c1-4-9-15-19(16,17)13-7-5-12(6-8-13)14-10-11(2)18-3/h5-8,11,14-15H,4,9-10H2,1-3H3. The Hall–Kier alpha value is -1.11. The lowest BCUT2D eigenvalue weighted by Crippen LogP contribution is -2.24. The molecule has 6 heteroatoms. The van der Waals surface area contributed by atoms with Crippen LogP contribution in [0.3, 0.4) is 0 Å². The molecule has 0 saturated carbocycles. The van der Waals surface area contributed by atoms with E-state index in [4.69, 9.17) is 4.74 Å². The second kappa shape index (κ2) is 7.47. The average molecular weight is 286 g/mol. The minimum atomic E-state index is -3.38. The Balaban J connectivity index is 2.65. The van der Waals surface area contributed by atoms with Gasteiger partial charge >= 0.3 is 0 Å². The number of methoxy groups -OCH3 is 1. The SMILES string of the molecule is CCCNS(=O)(=O)c1ccc(NCC(C)OC)cc1. The predicted octanol–water partition coefficient (Wildman–Crippen LogP) is 1.82. The van der Waals surface area contributed by atoms with E-state index >= 15 is 0 Å². The molecule has 19 heavy (non-hydrogen) atoms. The Bertz CT molecular complexity index is 471. The molecule has 0 fully saturated rings. The van der Waals surface area contributed by atoms with Crippen molar-refractivity contribution in [1.29, 1.82) is 0 Å². The summed E-state index contributed by atoms with van der Waals surface area (Å²) in [5.74, 6) is 0. The van der Waals surface area contributed by atoms with Crippen molar-refractivity contribution in [1.82, 2.24) is 4.72 Å². The molecule has 108 valence electrons. The second-order valence-electron chi connectivity index (χ2n) is 4.35. The summed E-state index contributed by atoms with van der Waals surface area (Å²) < 4.78 is 31.4. The summed E-state index contributed by atoms with van der Waals surface area (Å²) in [5, 5.41) is 3.18. The summed E-state index contributed by atoms with van der Waals surface area (Å²) in [4.78, 5) is 0.284. The minimum absolute atomic E-state index is 0.106. The molecule has 0 aliphatic carbocycles. The van der Waals surface area contributed by atoms with Crippen molar-refractivity contribution in [3.05, 3.63) is 24.3 Å². The fourth-order valence-electron chi connectivity index (χ4n) is 1.42. The largest absolute Gasteiger partial charge is 0.382 e. The smallest absolute Gasteiger partial charge is 0.240 e. The lowest BCUT2D eigenvalue weighted by molar-refractivity contribution is 0.129. The zero-order valence-electron chi connectivity index (χ0n) is 11.6. The van der Waals surface area contributed by atoms with Crippen LogP contribution in [-0.2, 0) is 14.8 Å². The molecular formula is C13H22N2O3S. The van der Waals surface area contributed by atoms with Crippen LogP contribution >= 0.6 is 0 Å². The van der Waals surface area contributed by atoms with Gasteiger partial charge in [0.15, 0.2) is 0 Å². The van der Waals surface area contributed by atoms with Gasteiger partial charge in [-0.15, -0.1) is 0 Å². The van der Waals surface area contributed by atoms with Gasteiger partial charge in [-0.2, -0.15) is 0 Å². The first-order valence-corrected chi connectivity index (χ1v) is 7.84. The summed E-state index contributed by atoms with van der Waals surface area (Å²) in [6.07, 6.45) is 0.878. The van der Waals surface area contributed by atoms with Gasteiger partial charge in [0, 0.05) is 25.9 Å². The summed E-state index contributed by atoms with van der Waals surface area (Å²) in [6.45, 7) is 5.01. The summed E-state index contributed by atoms with van der Waals surface area (Å²) in [7, 11) is -1.72. The van der Waals surface area contributed by atoms with Gasteiger partial charge in [-0.25, -0.2) is 13.1 Å². The van der Waals surface area contributed by atoms with Crippen molar-refractivity contribution >= 4 is 15.7 Å². The normalized spacial score (nSPS) is 13.2. The van der Waals surface area contributed by atoms with Gasteiger partial charge in [0.05, 0.1) is 11.0 Å². The van der Waals surface area contributed by atoms with E-state index in [0.717, 1.165) is 12.1 Å². The zero-order chi connectivity index (χ0) is 14.3. The van der Waals surface area contributed by atoms with Crippen LogP contribution in [0.15, 0.2) is 29.2 Å². The molecule has 2 N–H and O–H groups in total. The molecule has 0 radical (unpaired) electrons. The molecule has 1 aromatic carbocycles. The fourth-order valence-corrected chi connectivity index (χ4v) is 2.55. The maximum Gasteiger partial charge on any atom is 0.240 e. The predicted molar refractivity (Wildman–Crippen MR) is 76.9 cm³/mol. The molecule has 1 atom stereocenters. The third-order valence-electron chi connectivity index (χ3n) is 2.70. The highest BCUT2D eigenvalue weighted by Gasteiger charge is 2.12. The van der Waals surface area contributed by atoms with Gasteiger partial charge in [-0.05, 0) is 37.6 Å². The third-order valence-corrected chi connectivity index (χ3v) is 4.18. The highest BCUT2D eigenvalue weighted by molar-refractivity contribution is 7.89. The highest BCUT2D eigenvalue weighted by Crippen LogP contribution is 2.14. The molecule has 0 aromatic heterocycles. The molecule has 1 aromatic rings. The Morgan fingerprint density at radius 2 is 1.89 bits per heavy atom. The van der Waals surface area contributed by atoms with Crippen molar-refractivity contribution in [2.24, 2.45) is 0 Å². The number of hydrogen-bond donors (Lipinski definition) is 2. The van der Waals surface area contributed by atoms with E-state index in [0.29, 0.717) is 13.1 Å². The molecule has 0 aliphatic rings. The lowest BCUT2D eigenvalue weighted by Gasteiger charge is -2.12. The first-order chi connectivity index (χ1) is 8.99. The van der Waals surface area contributed by atoms with Crippen molar-refractivity contribution in [3.8, 4) is 0 Å². The van der Waals surface area contributed by atoms with Crippen molar-refractivity contribution in [2.45, 2.75) is 31.3 Å². The van der Waals surface area contributed by atoms with Gasteiger partial charge in [0.1, 0.15) is 0 Å². The monoisotopic (exact) mass is 286 g/mol. The first kappa shape index (κ1) is 15.9. The Labute approximate surface area is 115 Å². The average Bonchev–Trinajstić information content (AvgIpc) is 2.43.